The van der Waals surface area contributed by atoms with E-state index < -0.39 is 5.41 Å². The molecule has 2 heteroatoms. The standard InChI is InChI=1S/C25H28NO/c1-26(2)17-9-16-25(20-27,18-21-10-4-3-5-11-21)19-23-14-8-13-22-12-6-7-15-24(22)23/h3-8,10-15H,9,16-19H2,1-2H3. The normalized spacial score (nSPS) is 13.6. The van der Waals surface area contributed by atoms with Gasteiger partial charge in [0.2, 0.25) is 6.29 Å². The lowest BCUT2D eigenvalue weighted by molar-refractivity contribution is 0.311. The van der Waals surface area contributed by atoms with Gasteiger partial charge in [0.1, 0.15) is 0 Å². The van der Waals surface area contributed by atoms with E-state index in [4.69, 9.17) is 0 Å². The lowest BCUT2D eigenvalue weighted by Gasteiger charge is -2.29. The fourth-order valence-corrected chi connectivity index (χ4v) is 3.89. The van der Waals surface area contributed by atoms with Crippen LogP contribution in [0.3, 0.4) is 0 Å². The van der Waals surface area contributed by atoms with Crippen LogP contribution in [0.25, 0.3) is 10.8 Å². The third-order valence-corrected chi connectivity index (χ3v) is 5.27. The minimum Gasteiger partial charge on any atom is -0.309 e. The minimum atomic E-state index is -0.499. The number of nitrogens with zero attached hydrogens (tertiary/aromatic N) is 1. The number of fused-ring (bicyclic) bond motifs is 1. The molecule has 0 aliphatic heterocycles. The Kier molecular flexibility index (Phi) is 6.41. The molecule has 3 aromatic carbocycles. The summed E-state index contributed by atoms with van der Waals surface area (Å²) in [5.74, 6) is 0. The van der Waals surface area contributed by atoms with Crippen LogP contribution in [0, 0.1) is 5.41 Å². The van der Waals surface area contributed by atoms with Gasteiger partial charge in [-0.3, -0.25) is 4.79 Å². The smallest absolute Gasteiger partial charge is 0.205 e. The Hall–Kier alpha value is -2.45. The summed E-state index contributed by atoms with van der Waals surface area (Å²) < 4.78 is 0. The lowest BCUT2D eigenvalue weighted by atomic mass is 9.74. The van der Waals surface area contributed by atoms with E-state index in [1.165, 1.54) is 21.9 Å². The molecule has 0 spiro atoms. The highest BCUT2D eigenvalue weighted by molar-refractivity contribution is 5.86. The molecule has 1 atom stereocenters. The summed E-state index contributed by atoms with van der Waals surface area (Å²) >= 11 is 0. The Balaban J connectivity index is 1.93. The quantitative estimate of drug-likeness (QED) is 0.533. The average molecular weight is 359 g/mol. The molecule has 0 fully saturated rings. The first-order valence-electron chi connectivity index (χ1n) is 9.66. The van der Waals surface area contributed by atoms with Crippen LogP contribution >= 0.6 is 0 Å². The van der Waals surface area contributed by atoms with Gasteiger partial charge in [0.05, 0.1) is 0 Å². The topological polar surface area (TPSA) is 20.3 Å². The van der Waals surface area contributed by atoms with Gasteiger partial charge in [0, 0.05) is 5.41 Å². The monoisotopic (exact) mass is 358 g/mol. The van der Waals surface area contributed by atoms with E-state index in [1.807, 2.05) is 18.2 Å². The Bertz CT molecular complexity index is 866. The number of hydrogen-bond donors (Lipinski definition) is 0. The highest BCUT2D eigenvalue weighted by Crippen LogP contribution is 2.33. The van der Waals surface area contributed by atoms with E-state index in [0.29, 0.717) is 0 Å². The van der Waals surface area contributed by atoms with Crippen LogP contribution in [0.5, 0.6) is 0 Å². The van der Waals surface area contributed by atoms with Gasteiger partial charge >= 0.3 is 0 Å². The molecule has 0 saturated heterocycles. The molecule has 0 aliphatic rings. The van der Waals surface area contributed by atoms with Crippen LogP contribution in [0.2, 0.25) is 0 Å². The Morgan fingerprint density at radius 3 is 2.30 bits per heavy atom. The van der Waals surface area contributed by atoms with Gasteiger partial charge in [-0.15, -0.1) is 0 Å². The first-order valence-corrected chi connectivity index (χ1v) is 9.66. The predicted octanol–water partition coefficient (Wildman–Crippen LogP) is 5.06. The summed E-state index contributed by atoms with van der Waals surface area (Å²) in [6.07, 6.45) is 5.76. The molecule has 3 aromatic rings. The SMILES string of the molecule is CN(C)CCCC([C]=O)(Cc1ccccc1)Cc1cccc2ccccc12. The van der Waals surface area contributed by atoms with Crippen molar-refractivity contribution in [2.45, 2.75) is 25.7 Å². The predicted molar refractivity (Wildman–Crippen MR) is 114 cm³/mol. The molecule has 139 valence electrons. The number of hydrogen-bond acceptors (Lipinski definition) is 2. The highest BCUT2D eigenvalue weighted by Gasteiger charge is 2.32. The first-order chi connectivity index (χ1) is 13.1. The molecule has 0 bridgehead atoms. The third kappa shape index (κ3) is 5.05. The molecule has 0 N–H and O–H groups in total. The van der Waals surface area contributed by atoms with Crippen molar-refractivity contribution in [3.63, 3.8) is 0 Å². The van der Waals surface area contributed by atoms with Crippen molar-refractivity contribution in [3.05, 3.63) is 83.9 Å². The molecule has 0 saturated carbocycles. The maximum atomic E-state index is 12.3. The van der Waals surface area contributed by atoms with Gasteiger partial charge in [0.25, 0.3) is 0 Å². The molecular formula is C25H28NO. The molecule has 0 aromatic heterocycles. The zero-order chi connectivity index (χ0) is 19.1. The molecule has 27 heavy (non-hydrogen) atoms. The Morgan fingerprint density at radius 2 is 1.56 bits per heavy atom. The van der Waals surface area contributed by atoms with Crippen molar-refractivity contribution in [3.8, 4) is 0 Å². The average Bonchev–Trinajstić information content (AvgIpc) is 2.68. The molecule has 0 amide bonds. The van der Waals surface area contributed by atoms with Gasteiger partial charge in [-0.05, 0) is 68.2 Å². The first kappa shape index (κ1) is 19.3. The Labute approximate surface area is 162 Å². The molecule has 0 heterocycles. The van der Waals surface area contributed by atoms with Gasteiger partial charge in [0.15, 0.2) is 0 Å². The van der Waals surface area contributed by atoms with E-state index in [0.717, 1.165) is 32.2 Å². The maximum absolute atomic E-state index is 12.3. The van der Waals surface area contributed by atoms with Crippen LogP contribution in [0.1, 0.15) is 24.0 Å². The van der Waals surface area contributed by atoms with Crippen molar-refractivity contribution in [1.82, 2.24) is 4.90 Å². The summed E-state index contributed by atoms with van der Waals surface area (Å²) in [6.45, 7) is 0.980. The van der Waals surface area contributed by atoms with Crippen molar-refractivity contribution < 1.29 is 4.79 Å². The van der Waals surface area contributed by atoms with Gasteiger partial charge < -0.3 is 4.90 Å². The van der Waals surface area contributed by atoms with Crippen molar-refractivity contribution >= 4 is 17.1 Å². The zero-order valence-electron chi connectivity index (χ0n) is 16.3. The summed E-state index contributed by atoms with van der Waals surface area (Å²) in [7, 11) is 4.16. The van der Waals surface area contributed by atoms with Gasteiger partial charge in [-0.25, -0.2) is 0 Å². The highest BCUT2D eigenvalue weighted by atomic mass is 16.1. The van der Waals surface area contributed by atoms with Crippen LogP contribution in [0.4, 0.5) is 0 Å². The number of rotatable bonds is 9. The van der Waals surface area contributed by atoms with Gasteiger partial charge in [-0.2, -0.15) is 0 Å². The maximum Gasteiger partial charge on any atom is 0.205 e. The summed E-state index contributed by atoms with van der Waals surface area (Å²) in [5.41, 5.74) is 1.93. The second-order valence-corrected chi connectivity index (χ2v) is 7.77. The summed E-state index contributed by atoms with van der Waals surface area (Å²) in [4.78, 5) is 14.5. The van der Waals surface area contributed by atoms with Crippen LogP contribution in [0.15, 0.2) is 72.8 Å². The third-order valence-electron chi connectivity index (χ3n) is 5.27. The largest absolute Gasteiger partial charge is 0.309 e. The molecular weight excluding hydrogens is 330 g/mol. The van der Waals surface area contributed by atoms with Crippen LogP contribution < -0.4 is 0 Å². The summed E-state index contributed by atoms with van der Waals surface area (Å²) in [6, 6.07) is 25.1. The fourth-order valence-electron chi connectivity index (χ4n) is 3.89. The van der Waals surface area contributed by atoms with Crippen LogP contribution in [-0.2, 0) is 17.6 Å². The lowest BCUT2D eigenvalue weighted by Crippen LogP contribution is -2.30. The Morgan fingerprint density at radius 1 is 0.852 bits per heavy atom. The van der Waals surface area contributed by atoms with Crippen molar-refractivity contribution in [2.24, 2.45) is 5.41 Å². The molecule has 3 rings (SSSR count). The molecule has 0 aliphatic carbocycles. The zero-order valence-corrected chi connectivity index (χ0v) is 16.3. The van der Waals surface area contributed by atoms with E-state index in [1.54, 1.807) is 0 Å². The molecule has 1 radical (unpaired) electrons. The number of benzene rings is 3. The van der Waals surface area contributed by atoms with Gasteiger partial charge in [-0.1, -0.05) is 72.8 Å². The minimum absolute atomic E-state index is 0.499. The van der Waals surface area contributed by atoms with Crippen molar-refractivity contribution in [1.29, 1.82) is 0 Å². The summed E-state index contributed by atoms with van der Waals surface area (Å²) in [5, 5.41) is 2.46. The number of carbonyl (C=O) groups excluding carboxylic acids is 1. The van der Waals surface area contributed by atoms with E-state index in [2.05, 4.69) is 79.9 Å². The fraction of sp³-hybridized carbons (Fsp3) is 0.320. The van der Waals surface area contributed by atoms with Crippen LogP contribution in [-0.4, -0.2) is 31.8 Å². The van der Waals surface area contributed by atoms with Crippen molar-refractivity contribution in [2.75, 3.05) is 20.6 Å². The second-order valence-electron chi connectivity index (χ2n) is 7.77. The van der Waals surface area contributed by atoms with E-state index in [9.17, 15) is 4.79 Å². The van der Waals surface area contributed by atoms with E-state index >= 15 is 0 Å². The van der Waals surface area contributed by atoms with E-state index in [-0.39, 0.29) is 0 Å². The molecule has 2 nitrogen and oxygen atoms in total. The molecule has 1 unspecified atom stereocenters. The second kappa shape index (κ2) is 8.96.